The number of aryl methyl sites for hydroxylation is 1. The second-order valence-electron chi connectivity index (χ2n) is 8.01. The van der Waals surface area contributed by atoms with Gasteiger partial charge in [0.2, 0.25) is 5.91 Å². The van der Waals surface area contributed by atoms with Crippen LogP contribution in [0.5, 0.6) is 5.75 Å². The van der Waals surface area contributed by atoms with Crippen LogP contribution < -0.4 is 15.4 Å². The summed E-state index contributed by atoms with van der Waals surface area (Å²) in [5.41, 5.74) is 0.737. The van der Waals surface area contributed by atoms with Gasteiger partial charge in [-0.3, -0.25) is 9.59 Å². The van der Waals surface area contributed by atoms with Gasteiger partial charge in [-0.1, -0.05) is 24.3 Å². The number of ether oxygens (including phenoxy) is 2. The Morgan fingerprint density at radius 2 is 1.90 bits per heavy atom. The zero-order chi connectivity index (χ0) is 23.0. The molecule has 0 heterocycles. The van der Waals surface area contributed by atoms with Crippen LogP contribution in [0.4, 0.5) is 9.18 Å². The molecule has 8 heteroatoms. The van der Waals surface area contributed by atoms with Crippen molar-refractivity contribution in [3.63, 3.8) is 0 Å². The average Bonchev–Trinajstić information content (AvgIpc) is 2.69. The highest BCUT2D eigenvalue weighted by atomic mass is 19.1. The van der Waals surface area contributed by atoms with E-state index in [9.17, 15) is 18.8 Å². The first-order valence-electron chi connectivity index (χ1n) is 9.77. The fourth-order valence-corrected chi connectivity index (χ4v) is 2.59. The molecule has 31 heavy (non-hydrogen) atoms. The van der Waals surface area contributed by atoms with Crippen LogP contribution in [0.3, 0.4) is 0 Å². The van der Waals surface area contributed by atoms with Crippen LogP contribution in [0, 0.1) is 12.7 Å². The predicted molar refractivity (Wildman–Crippen MR) is 113 cm³/mol. The molecular weight excluding hydrogens is 403 g/mol. The van der Waals surface area contributed by atoms with Crippen LogP contribution in [-0.2, 0) is 16.1 Å². The molecule has 0 aliphatic carbocycles. The van der Waals surface area contributed by atoms with Gasteiger partial charge < -0.3 is 20.1 Å². The van der Waals surface area contributed by atoms with Gasteiger partial charge in [0.15, 0.2) is 0 Å². The van der Waals surface area contributed by atoms with Crippen LogP contribution in [0.25, 0.3) is 0 Å². The zero-order valence-electron chi connectivity index (χ0n) is 18.0. The van der Waals surface area contributed by atoms with E-state index in [2.05, 4.69) is 10.6 Å². The van der Waals surface area contributed by atoms with Crippen molar-refractivity contribution in [3.05, 3.63) is 65.0 Å². The summed E-state index contributed by atoms with van der Waals surface area (Å²) in [6.07, 6.45) is -0.119. The molecule has 2 aromatic rings. The third-order valence-corrected chi connectivity index (χ3v) is 4.08. The summed E-state index contributed by atoms with van der Waals surface area (Å²) in [5, 5.41) is 5.07. The Labute approximate surface area is 180 Å². The van der Waals surface area contributed by atoms with Crippen LogP contribution in [0.2, 0.25) is 0 Å². The molecule has 166 valence electrons. The normalized spacial score (nSPS) is 11.9. The minimum Gasteiger partial charge on any atom is -0.491 e. The summed E-state index contributed by atoms with van der Waals surface area (Å²) in [6, 6.07) is 9.97. The zero-order valence-corrected chi connectivity index (χ0v) is 18.0. The number of hydrogen-bond acceptors (Lipinski definition) is 5. The molecule has 0 radical (unpaired) electrons. The number of rotatable bonds is 8. The van der Waals surface area contributed by atoms with Gasteiger partial charge in [0.25, 0.3) is 0 Å². The molecule has 2 amide bonds. The van der Waals surface area contributed by atoms with E-state index in [1.165, 1.54) is 12.1 Å². The molecule has 1 atom stereocenters. The fraction of sp³-hybridized carbons (Fsp3) is 0.348. The van der Waals surface area contributed by atoms with Gasteiger partial charge in [-0.2, -0.15) is 0 Å². The standard InChI is InChI=1S/C23H27FN2O5/c1-15-8-9-17(19(24)10-15)12-25-21(28)20(26-22(29)31-23(2,3)4)14-30-18-7-5-6-16(11-18)13-27/h5-11,13,20H,12,14H2,1-4H3,(H,25,28)(H,26,29)/t20-/m0/s1. The first kappa shape index (κ1) is 23.9. The molecule has 0 spiro atoms. The van der Waals surface area contributed by atoms with Crippen molar-refractivity contribution in [1.82, 2.24) is 10.6 Å². The molecule has 2 N–H and O–H groups in total. The van der Waals surface area contributed by atoms with Gasteiger partial charge in [-0.15, -0.1) is 0 Å². The van der Waals surface area contributed by atoms with Crippen LogP contribution in [0.15, 0.2) is 42.5 Å². The van der Waals surface area contributed by atoms with Gasteiger partial charge >= 0.3 is 6.09 Å². The lowest BCUT2D eigenvalue weighted by molar-refractivity contribution is -0.124. The van der Waals surface area contributed by atoms with Gasteiger partial charge in [0, 0.05) is 17.7 Å². The Morgan fingerprint density at radius 1 is 1.16 bits per heavy atom. The van der Waals surface area contributed by atoms with E-state index in [0.717, 1.165) is 5.56 Å². The number of nitrogens with one attached hydrogen (secondary N) is 2. The molecule has 0 fully saturated rings. The van der Waals surface area contributed by atoms with Crippen molar-refractivity contribution < 1.29 is 28.2 Å². The van der Waals surface area contributed by atoms with Gasteiger partial charge in [-0.05, 0) is 51.5 Å². The molecular formula is C23H27FN2O5. The number of carbonyl (C=O) groups is 3. The maximum atomic E-state index is 14.0. The van der Waals surface area contributed by atoms with E-state index < -0.39 is 29.5 Å². The molecule has 2 aromatic carbocycles. The van der Waals surface area contributed by atoms with Crippen LogP contribution >= 0.6 is 0 Å². The first-order valence-corrected chi connectivity index (χ1v) is 9.77. The number of alkyl carbamates (subject to hydrolysis) is 1. The summed E-state index contributed by atoms with van der Waals surface area (Å²) in [5.74, 6) is -0.644. The van der Waals surface area contributed by atoms with Gasteiger partial charge in [0.05, 0.1) is 0 Å². The number of hydrogen-bond donors (Lipinski definition) is 2. The van der Waals surface area contributed by atoms with Crippen molar-refractivity contribution >= 4 is 18.3 Å². The van der Waals surface area contributed by atoms with E-state index >= 15 is 0 Å². The lowest BCUT2D eigenvalue weighted by Gasteiger charge is -2.23. The van der Waals surface area contributed by atoms with Crippen molar-refractivity contribution in [2.75, 3.05) is 6.61 Å². The smallest absolute Gasteiger partial charge is 0.408 e. The summed E-state index contributed by atoms with van der Waals surface area (Å²) in [6.45, 7) is 6.58. The Morgan fingerprint density at radius 3 is 2.55 bits per heavy atom. The van der Waals surface area contributed by atoms with E-state index in [1.807, 2.05) is 0 Å². The molecule has 0 saturated heterocycles. The average molecular weight is 430 g/mol. The Hall–Kier alpha value is -3.42. The number of benzene rings is 2. The van der Waals surface area contributed by atoms with Gasteiger partial charge in [-0.25, -0.2) is 9.18 Å². The quantitative estimate of drug-likeness (QED) is 0.625. The topological polar surface area (TPSA) is 93.7 Å². The minimum atomic E-state index is -1.11. The highest BCUT2D eigenvalue weighted by Crippen LogP contribution is 2.13. The Kier molecular flexibility index (Phi) is 8.13. The maximum Gasteiger partial charge on any atom is 0.408 e. The second kappa shape index (κ2) is 10.6. The van der Waals surface area contributed by atoms with Crippen LogP contribution in [0.1, 0.15) is 42.3 Å². The highest BCUT2D eigenvalue weighted by molar-refractivity contribution is 5.85. The molecule has 0 unspecified atom stereocenters. The van der Waals surface area contributed by atoms with Gasteiger partial charge in [0.1, 0.15) is 36.1 Å². The number of carbonyl (C=O) groups excluding carboxylic acids is 3. The number of aldehydes is 1. The molecule has 0 aliphatic heterocycles. The first-order chi connectivity index (χ1) is 14.6. The summed E-state index contributed by atoms with van der Waals surface area (Å²) in [7, 11) is 0. The predicted octanol–water partition coefficient (Wildman–Crippen LogP) is 3.54. The Balaban J connectivity index is 2.08. The van der Waals surface area contributed by atoms with E-state index in [4.69, 9.17) is 9.47 Å². The summed E-state index contributed by atoms with van der Waals surface area (Å²) >= 11 is 0. The van der Waals surface area contributed by atoms with E-state index in [-0.39, 0.29) is 13.2 Å². The second-order valence-corrected chi connectivity index (χ2v) is 8.01. The molecule has 2 rings (SSSR count). The van der Waals surface area contributed by atoms with Crippen LogP contribution in [-0.4, -0.2) is 36.5 Å². The lowest BCUT2D eigenvalue weighted by Crippen LogP contribution is -2.51. The molecule has 0 bridgehead atoms. The summed E-state index contributed by atoms with van der Waals surface area (Å²) in [4.78, 5) is 35.8. The number of halogens is 1. The fourth-order valence-electron chi connectivity index (χ4n) is 2.59. The monoisotopic (exact) mass is 430 g/mol. The third kappa shape index (κ3) is 8.08. The summed E-state index contributed by atoms with van der Waals surface area (Å²) < 4.78 is 24.8. The van der Waals surface area contributed by atoms with E-state index in [0.29, 0.717) is 23.2 Å². The van der Waals surface area contributed by atoms with Crippen molar-refractivity contribution in [2.45, 2.75) is 45.9 Å². The minimum absolute atomic E-state index is 0.0575. The number of amides is 2. The van der Waals surface area contributed by atoms with E-state index in [1.54, 1.807) is 58.0 Å². The van der Waals surface area contributed by atoms with Crippen molar-refractivity contribution in [3.8, 4) is 5.75 Å². The SMILES string of the molecule is Cc1ccc(CNC(=O)[C@H](COc2cccc(C=O)c2)NC(=O)OC(C)(C)C)c(F)c1. The molecule has 7 nitrogen and oxygen atoms in total. The lowest BCUT2D eigenvalue weighted by atomic mass is 10.1. The Bertz CT molecular complexity index is 940. The molecule has 0 aromatic heterocycles. The van der Waals surface area contributed by atoms with Crippen molar-refractivity contribution in [2.24, 2.45) is 0 Å². The third-order valence-electron chi connectivity index (χ3n) is 4.08. The molecule has 0 aliphatic rings. The highest BCUT2D eigenvalue weighted by Gasteiger charge is 2.25. The largest absolute Gasteiger partial charge is 0.491 e. The molecule has 0 saturated carbocycles. The van der Waals surface area contributed by atoms with Crippen molar-refractivity contribution in [1.29, 1.82) is 0 Å². The maximum absolute atomic E-state index is 14.0.